The van der Waals surface area contributed by atoms with Crippen LogP contribution in [0.2, 0.25) is 0 Å². The number of nitrogens with zero attached hydrogens (tertiary/aromatic N) is 2. The van der Waals surface area contributed by atoms with Crippen molar-refractivity contribution in [3.63, 3.8) is 0 Å². The number of rotatable bonds is 3. The SMILES string of the molecule is O=[N+]([O-])c1cc(C(F)(F)F)ccc1N/N=C1/CC2CC=CC12. The van der Waals surface area contributed by atoms with Crippen molar-refractivity contribution in [3.05, 3.63) is 46.0 Å². The van der Waals surface area contributed by atoms with Crippen LogP contribution in [0.3, 0.4) is 0 Å². The van der Waals surface area contributed by atoms with Crippen molar-refractivity contribution in [2.75, 3.05) is 5.43 Å². The molecule has 0 amide bonds. The number of hydrogen-bond acceptors (Lipinski definition) is 4. The Bertz CT molecular complexity index is 682. The van der Waals surface area contributed by atoms with Gasteiger partial charge in [0.05, 0.1) is 10.5 Å². The maximum Gasteiger partial charge on any atom is 0.416 e. The van der Waals surface area contributed by atoms with E-state index in [0.29, 0.717) is 12.0 Å². The molecule has 0 heterocycles. The Labute approximate surface area is 123 Å². The normalized spacial score (nSPS) is 25.0. The Balaban J connectivity index is 1.83. The summed E-state index contributed by atoms with van der Waals surface area (Å²) >= 11 is 0. The summed E-state index contributed by atoms with van der Waals surface area (Å²) in [5.74, 6) is 0.796. The molecule has 0 aromatic heterocycles. The lowest BCUT2D eigenvalue weighted by molar-refractivity contribution is -0.384. The van der Waals surface area contributed by atoms with Gasteiger partial charge in [0.25, 0.3) is 5.69 Å². The van der Waals surface area contributed by atoms with Crippen molar-refractivity contribution in [2.45, 2.75) is 19.0 Å². The lowest BCUT2D eigenvalue weighted by atomic mass is 9.74. The first kappa shape index (κ1) is 14.6. The highest BCUT2D eigenvalue weighted by molar-refractivity contribution is 5.95. The van der Waals surface area contributed by atoms with Gasteiger partial charge >= 0.3 is 6.18 Å². The summed E-state index contributed by atoms with van der Waals surface area (Å²) in [5, 5.41) is 15.1. The Hall–Kier alpha value is -2.38. The Kier molecular flexibility index (Phi) is 3.38. The molecular weight excluding hydrogens is 299 g/mol. The van der Waals surface area contributed by atoms with E-state index in [2.05, 4.69) is 16.6 Å². The van der Waals surface area contributed by atoms with Gasteiger partial charge in [-0.1, -0.05) is 12.2 Å². The van der Waals surface area contributed by atoms with Gasteiger partial charge in [-0.2, -0.15) is 18.3 Å². The van der Waals surface area contributed by atoms with Crippen molar-refractivity contribution in [3.8, 4) is 0 Å². The number of hydrazone groups is 1. The molecule has 1 aromatic rings. The average molecular weight is 311 g/mol. The van der Waals surface area contributed by atoms with E-state index in [1.165, 1.54) is 0 Å². The second-order valence-corrected chi connectivity index (χ2v) is 5.36. The third-order valence-corrected chi connectivity index (χ3v) is 3.99. The molecular formula is C14H12F3N3O2. The maximum atomic E-state index is 12.6. The van der Waals surface area contributed by atoms with Crippen LogP contribution in [0.5, 0.6) is 0 Å². The second kappa shape index (κ2) is 5.11. The molecule has 0 bridgehead atoms. The number of anilines is 1. The number of nitro benzene ring substituents is 1. The Morgan fingerprint density at radius 3 is 2.77 bits per heavy atom. The number of nitrogens with one attached hydrogen (secondary N) is 1. The number of benzene rings is 1. The van der Waals surface area contributed by atoms with E-state index in [9.17, 15) is 23.3 Å². The number of halogens is 3. The second-order valence-electron chi connectivity index (χ2n) is 5.36. The molecule has 2 aliphatic rings. The van der Waals surface area contributed by atoms with Gasteiger partial charge in [-0.15, -0.1) is 0 Å². The minimum Gasteiger partial charge on any atom is -0.272 e. The monoisotopic (exact) mass is 311 g/mol. The first-order valence-electron chi connectivity index (χ1n) is 6.71. The first-order valence-corrected chi connectivity index (χ1v) is 6.71. The average Bonchev–Trinajstić information content (AvgIpc) is 2.79. The molecule has 8 heteroatoms. The molecule has 1 saturated carbocycles. The molecule has 1 fully saturated rings. The highest BCUT2D eigenvalue weighted by atomic mass is 19.4. The van der Waals surface area contributed by atoms with Gasteiger partial charge in [-0.25, -0.2) is 0 Å². The zero-order valence-corrected chi connectivity index (χ0v) is 11.3. The van der Waals surface area contributed by atoms with Crippen LogP contribution in [0.15, 0.2) is 35.5 Å². The van der Waals surface area contributed by atoms with Gasteiger partial charge in [0.2, 0.25) is 0 Å². The molecule has 0 radical (unpaired) electrons. The number of hydrogen-bond donors (Lipinski definition) is 1. The van der Waals surface area contributed by atoms with E-state index in [1.54, 1.807) is 0 Å². The van der Waals surface area contributed by atoms with E-state index in [4.69, 9.17) is 0 Å². The van der Waals surface area contributed by atoms with E-state index in [1.807, 2.05) is 6.08 Å². The van der Waals surface area contributed by atoms with Gasteiger partial charge in [0.1, 0.15) is 5.69 Å². The summed E-state index contributed by atoms with van der Waals surface area (Å²) in [6.07, 6.45) is 1.29. The molecule has 3 rings (SSSR count). The quantitative estimate of drug-likeness (QED) is 0.521. The van der Waals surface area contributed by atoms with Crippen molar-refractivity contribution in [1.82, 2.24) is 0 Å². The Morgan fingerprint density at radius 1 is 1.36 bits per heavy atom. The highest BCUT2D eigenvalue weighted by Gasteiger charge is 2.38. The molecule has 5 nitrogen and oxygen atoms in total. The fraction of sp³-hybridized carbons (Fsp3) is 0.357. The molecule has 0 spiro atoms. The van der Waals surface area contributed by atoms with Crippen LogP contribution in [-0.4, -0.2) is 10.6 Å². The standard InChI is InChI=1S/C14H12F3N3O2/c15-14(16,17)9-4-5-11(13(7-9)20(21)22)18-19-12-6-8-2-1-3-10(8)12/h1,3-5,7-8,10,18H,2,6H2/b19-12-. The third-order valence-electron chi connectivity index (χ3n) is 3.99. The van der Waals surface area contributed by atoms with Crippen LogP contribution in [0, 0.1) is 22.0 Å². The highest BCUT2D eigenvalue weighted by Crippen LogP contribution is 2.41. The molecule has 1 N–H and O–H groups in total. The first-order chi connectivity index (χ1) is 10.4. The third kappa shape index (κ3) is 2.56. The smallest absolute Gasteiger partial charge is 0.272 e. The summed E-state index contributed by atoms with van der Waals surface area (Å²) < 4.78 is 37.8. The van der Waals surface area contributed by atoms with Crippen LogP contribution in [0.4, 0.5) is 24.5 Å². The van der Waals surface area contributed by atoms with E-state index in [-0.39, 0.29) is 11.6 Å². The minimum atomic E-state index is -4.62. The molecule has 2 aliphatic carbocycles. The van der Waals surface area contributed by atoms with E-state index >= 15 is 0 Å². The van der Waals surface area contributed by atoms with Crippen molar-refractivity contribution >= 4 is 17.1 Å². The van der Waals surface area contributed by atoms with Gasteiger partial charge in [0, 0.05) is 17.7 Å². The maximum absolute atomic E-state index is 12.6. The van der Waals surface area contributed by atoms with Gasteiger partial charge in [-0.3, -0.25) is 15.5 Å². The summed E-state index contributed by atoms with van der Waals surface area (Å²) in [5.41, 5.74) is 1.66. The molecule has 22 heavy (non-hydrogen) atoms. The lowest BCUT2D eigenvalue weighted by Crippen LogP contribution is -2.33. The minimum absolute atomic E-state index is 0.0454. The molecule has 1 aromatic carbocycles. The van der Waals surface area contributed by atoms with Gasteiger partial charge < -0.3 is 0 Å². The molecule has 116 valence electrons. The van der Waals surface area contributed by atoms with Crippen molar-refractivity contribution in [2.24, 2.45) is 16.9 Å². The summed E-state index contributed by atoms with van der Waals surface area (Å²) in [7, 11) is 0. The van der Waals surface area contributed by atoms with Crippen LogP contribution in [-0.2, 0) is 6.18 Å². The van der Waals surface area contributed by atoms with Crippen molar-refractivity contribution in [1.29, 1.82) is 0 Å². The molecule has 0 saturated heterocycles. The summed E-state index contributed by atoms with van der Waals surface area (Å²) in [4.78, 5) is 10.1. The van der Waals surface area contributed by atoms with Crippen molar-refractivity contribution < 1.29 is 18.1 Å². The predicted molar refractivity (Wildman–Crippen MR) is 74.5 cm³/mol. The van der Waals surface area contributed by atoms with Gasteiger partial charge in [0.15, 0.2) is 0 Å². The number of allylic oxidation sites excluding steroid dienone is 2. The summed E-state index contributed by atoms with van der Waals surface area (Å²) in [6.45, 7) is 0. The van der Waals surface area contributed by atoms with E-state index < -0.39 is 22.4 Å². The summed E-state index contributed by atoms with van der Waals surface area (Å²) in [6, 6.07) is 2.35. The zero-order chi connectivity index (χ0) is 15.9. The predicted octanol–water partition coefficient (Wildman–Crippen LogP) is 3.98. The van der Waals surface area contributed by atoms with Crippen LogP contribution in [0.1, 0.15) is 18.4 Å². The topological polar surface area (TPSA) is 67.5 Å². The van der Waals surface area contributed by atoms with E-state index in [0.717, 1.165) is 30.7 Å². The number of fused-ring (bicyclic) bond motifs is 1. The van der Waals surface area contributed by atoms with Crippen LogP contribution < -0.4 is 5.43 Å². The number of alkyl halides is 3. The molecule has 0 aliphatic heterocycles. The van der Waals surface area contributed by atoms with Crippen LogP contribution in [0.25, 0.3) is 0 Å². The molecule has 2 unspecified atom stereocenters. The largest absolute Gasteiger partial charge is 0.416 e. The zero-order valence-electron chi connectivity index (χ0n) is 11.3. The number of nitro groups is 1. The Morgan fingerprint density at radius 2 is 2.14 bits per heavy atom. The van der Waals surface area contributed by atoms with Crippen LogP contribution >= 0.6 is 0 Å². The molecule has 2 atom stereocenters. The van der Waals surface area contributed by atoms with Gasteiger partial charge in [-0.05, 0) is 30.9 Å². The lowest BCUT2D eigenvalue weighted by Gasteiger charge is -2.31. The fourth-order valence-corrected chi connectivity index (χ4v) is 2.75. The fourth-order valence-electron chi connectivity index (χ4n) is 2.75.